The van der Waals surface area contributed by atoms with Crippen LogP contribution in [0.25, 0.3) is 10.6 Å². The van der Waals surface area contributed by atoms with Crippen molar-refractivity contribution in [2.24, 2.45) is 0 Å². The van der Waals surface area contributed by atoms with Gasteiger partial charge >= 0.3 is 0 Å². The number of ether oxygens (including phenoxy) is 3. The van der Waals surface area contributed by atoms with Crippen LogP contribution in [-0.4, -0.2) is 26.3 Å². The molecular formula is C13H15NO3S. The fourth-order valence-corrected chi connectivity index (χ4v) is 2.59. The molecule has 0 bridgehead atoms. The monoisotopic (exact) mass is 265 g/mol. The summed E-state index contributed by atoms with van der Waals surface area (Å²) in [5.41, 5.74) is 1.91. The van der Waals surface area contributed by atoms with Crippen LogP contribution in [0.3, 0.4) is 0 Å². The predicted molar refractivity (Wildman–Crippen MR) is 71.9 cm³/mol. The van der Waals surface area contributed by atoms with E-state index in [9.17, 15) is 0 Å². The highest BCUT2D eigenvalue weighted by Crippen LogP contribution is 2.39. The number of aromatic nitrogens is 1. The Balaban J connectivity index is 2.53. The minimum Gasteiger partial charge on any atom is -0.496 e. The number of rotatable bonds is 4. The molecule has 0 spiro atoms. The molecule has 96 valence electrons. The Labute approximate surface area is 110 Å². The van der Waals surface area contributed by atoms with Crippen LogP contribution in [0.1, 0.15) is 5.56 Å². The van der Waals surface area contributed by atoms with Gasteiger partial charge in [-0.3, -0.25) is 0 Å². The third-order valence-corrected chi connectivity index (χ3v) is 3.56. The molecule has 5 heteroatoms. The maximum absolute atomic E-state index is 5.46. The normalized spacial score (nSPS) is 10.2. The highest BCUT2D eigenvalue weighted by Gasteiger charge is 2.15. The molecule has 0 unspecified atom stereocenters. The van der Waals surface area contributed by atoms with Crippen LogP contribution < -0.4 is 14.2 Å². The lowest BCUT2D eigenvalue weighted by molar-refractivity contribution is 0.389. The van der Waals surface area contributed by atoms with Crippen molar-refractivity contribution in [3.05, 3.63) is 23.1 Å². The fourth-order valence-electron chi connectivity index (χ4n) is 1.80. The molecule has 0 amide bonds. The maximum atomic E-state index is 5.46. The van der Waals surface area contributed by atoms with Crippen molar-refractivity contribution in [1.29, 1.82) is 0 Å². The number of methoxy groups -OCH3 is 3. The standard InChI is InChI=1S/C13H15NO3S/c1-8-10(15-2)6-5-9(12(8)17-4)13-14-11(16-3)7-18-13/h5-7H,1-4H3. The van der Waals surface area contributed by atoms with E-state index in [0.717, 1.165) is 27.6 Å². The summed E-state index contributed by atoms with van der Waals surface area (Å²) in [6, 6.07) is 3.87. The van der Waals surface area contributed by atoms with Gasteiger partial charge in [-0.05, 0) is 19.1 Å². The Kier molecular flexibility index (Phi) is 3.72. The molecule has 1 aromatic carbocycles. The molecule has 18 heavy (non-hydrogen) atoms. The number of benzene rings is 1. The van der Waals surface area contributed by atoms with E-state index in [1.807, 2.05) is 24.4 Å². The van der Waals surface area contributed by atoms with E-state index in [1.54, 1.807) is 21.3 Å². The first-order valence-corrected chi connectivity index (χ1v) is 6.30. The molecule has 0 N–H and O–H groups in total. The van der Waals surface area contributed by atoms with Crippen molar-refractivity contribution in [3.8, 4) is 28.0 Å². The summed E-state index contributed by atoms with van der Waals surface area (Å²) >= 11 is 1.52. The van der Waals surface area contributed by atoms with Crippen LogP contribution in [0.5, 0.6) is 17.4 Å². The van der Waals surface area contributed by atoms with Gasteiger partial charge in [0.05, 0.1) is 32.3 Å². The molecule has 0 saturated carbocycles. The summed E-state index contributed by atoms with van der Waals surface area (Å²) in [7, 11) is 4.90. The van der Waals surface area contributed by atoms with Gasteiger partial charge in [-0.2, -0.15) is 0 Å². The largest absolute Gasteiger partial charge is 0.496 e. The van der Waals surface area contributed by atoms with Crippen molar-refractivity contribution < 1.29 is 14.2 Å². The zero-order valence-electron chi connectivity index (χ0n) is 10.8. The summed E-state index contributed by atoms with van der Waals surface area (Å²) in [6.45, 7) is 1.96. The molecule has 1 heterocycles. The third kappa shape index (κ3) is 2.13. The van der Waals surface area contributed by atoms with Crippen LogP contribution in [0.2, 0.25) is 0 Å². The maximum Gasteiger partial charge on any atom is 0.224 e. The zero-order valence-corrected chi connectivity index (χ0v) is 11.6. The van der Waals surface area contributed by atoms with E-state index < -0.39 is 0 Å². The Bertz CT molecular complexity index is 551. The van der Waals surface area contributed by atoms with E-state index >= 15 is 0 Å². The van der Waals surface area contributed by atoms with E-state index in [-0.39, 0.29) is 0 Å². The lowest BCUT2D eigenvalue weighted by Gasteiger charge is -2.12. The quantitative estimate of drug-likeness (QED) is 0.851. The SMILES string of the molecule is COc1csc(-c2ccc(OC)c(C)c2OC)n1. The van der Waals surface area contributed by atoms with Gasteiger partial charge < -0.3 is 14.2 Å². The van der Waals surface area contributed by atoms with Crippen LogP contribution >= 0.6 is 11.3 Å². The first kappa shape index (κ1) is 12.7. The van der Waals surface area contributed by atoms with Crippen LogP contribution in [-0.2, 0) is 0 Å². The van der Waals surface area contributed by atoms with Crippen molar-refractivity contribution in [3.63, 3.8) is 0 Å². The van der Waals surface area contributed by atoms with Crippen LogP contribution in [0, 0.1) is 6.92 Å². The highest BCUT2D eigenvalue weighted by atomic mass is 32.1. The minimum absolute atomic E-state index is 0.616. The molecule has 2 rings (SSSR count). The van der Waals surface area contributed by atoms with E-state index in [2.05, 4.69) is 4.98 Å². The summed E-state index contributed by atoms with van der Waals surface area (Å²) in [6.07, 6.45) is 0. The van der Waals surface area contributed by atoms with Crippen molar-refractivity contribution in [2.45, 2.75) is 6.92 Å². The van der Waals surface area contributed by atoms with Crippen LogP contribution in [0.4, 0.5) is 0 Å². The van der Waals surface area contributed by atoms with Crippen molar-refractivity contribution in [2.75, 3.05) is 21.3 Å². The number of hydrogen-bond acceptors (Lipinski definition) is 5. The van der Waals surface area contributed by atoms with E-state index in [1.165, 1.54) is 11.3 Å². The lowest BCUT2D eigenvalue weighted by atomic mass is 10.1. The molecule has 0 saturated heterocycles. The number of thiazole rings is 1. The van der Waals surface area contributed by atoms with Gasteiger partial charge in [0.1, 0.15) is 16.5 Å². The first-order chi connectivity index (χ1) is 8.71. The lowest BCUT2D eigenvalue weighted by Crippen LogP contribution is -1.95. The molecule has 0 radical (unpaired) electrons. The first-order valence-electron chi connectivity index (χ1n) is 5.42. The van der Waals surface area contributed by atoms with Gasteiger partial charge in [-0.15, -0.1) is 11.3 Å². The molecule has 0 aliphatic heterocycles. The summed E-state index contributed by atoms with van der Waals surface area (Å²) in [4.78, 5) is 4.38. The van der Waals surface area contributed by atoms with Crippen LogP contribution in [0.15, 0.2) is 17.5 Å². The van der Waals surface area contributed by atoms with Gasteiger partial charge in [0.15, 0.2) is 0 Å². The van der Waals surface area contributed by atoms with Crippen molar-refractivity contribution in [1.82, 2.24) is 4.98 Å². The van der Waals surface area contributed by atoms with Gasteiger partial charge in [-0.25, -0.2) is 4.98 Å². The Morgan fingerprint density at radius 2 is 1.83 bits per heavy atom. The molecule has 0 aliphatic carbocycles. The van der Waals surface area contributed by atoms with Gasteiger partial charge in [-0.1, -0.05) is 0 Å². The average molecular weight is 265 g/mol. The molecular weight excluding hydrogens is 250 g/mol. The average Bonchev–Trinajstić information content (AvgIpc) is 2.87. The second kappa shape index (κ2) is 5.27. The van der Waals surface area contributed by atoms with Gasteiger partial charge in [0, 0.05) is 5.56 Å². The van der Waals surface area contributed by atoms with Gasteiger partial charge in [0.25, 0.3) is 0 Å². The van der Waals surface area contributed by atoms with Gasteiger partial charge in [0.2, 0.25) is 5.88 Å². The Hall–Kier alpha value is -1.75. The predicted octanol–water partition coefficient (Wildman–Crippen LogP) is 3.14. The Morgan fingerprint density at radius 3 is 2.39 bits per heavy atom. The fraction of sp³-hybridized carbons (Fsp3) is 0.308. The summed E-state index contributed by atoms with van der Waals surface area (Å²) in [5, 5.41) is 2.74. The third-order valence-electron chi connectivity index (χ3n) is 2.70. The molecule has 2 aromatic rings. The second-order valence-corrected chi connectivity index (χ2v) is 4.53. The molecule has 1 aromatic heterocycles. The summed E-state index contributed by atoms with van der Waals surface area (Å²) in [5.74, 6) is 2.20. The second-order valence-electron chi connectivity index (χ2n) is 3.67. The van der Waals surface area contributed by atoms with Crippen molar-refractivity contribution >= 4 is 11.3 Å². The zero-order chi connectivity index (χ0) is 13.1. The number of hydrogen-bond donors (Lipinski definition) is 0. The topological polar surface area (TPSA) is 40.6 Å². The smallest absolute Gasteiger partial charge is 0.224 e. The van der Waals surface area contributed by atoms with E-state index in [0.29, 0.717) is 5.88 Å². The summed E-state index contributed by atoms with van der Waals surface area (Å²) < 4.78 is 15.8. The highest BCUT2D eigenvalue weighted by molar-refractivity contribution is 7.13. The Morgan fingerprint density at radius 1 is 1.06 bits per heavy atom. The molecule has 0 aliphatic rings. The molecule has 4 nitrogen and oxygen atoms in total. The molecule has 0 fully saturated rings. The minimum atomic E-state index is 0.616. The number of nitrogens with zero attached hydrogens (tertiary/aromatic N) is 1. The molecule has 0 atom stereocenters. The van der Waals surface area contributed by atoms with E-state index in [4.69, 9.17) is 14.2 Å².